The van der Waals surface area contributed by atoms with E-state index in [4.69, 9.17) is 0 Å². The van der Waals surface area contributed by atoms with E-state index in [0.29, 0.717) is 30.2 Å². The molecular formula is C22H15F2NO2. The molecule has 0 unspecified atom stereocenters. The summed E-state index contributed by atoms with van der Waals surface area (Å²) in [5.74, 6) is -2.48. The van der Waals surface area contributed by atoms with Crippen molar-refractivity contribution in [3.8, 4) is 11.1 Å². The van der Waals surface area contributed by atoms with Crippen molar-refractivity contribution in [3.63, 3.8) is 0 Å². The molecule has 3 aromatic rings. The van der Waals surface area contributed by atoms with Gasteiger partial charge in [-0.2, -0.15) is 0 Å². The van der Waals surface area contributed by atoms with E-state index in [1.54, 1.807) is 6.07 Å². The number of carbonyl (C=O) groups is 2. The monoisotopic (exact) mass is 363 g/mol. The Balaban J connectivity index is 1.73. The Morgan fingerprint density at radius 2 is 1.70 bits per heavy atom. The lowest BCUT2D eigenvalue weighted by Gasteiger charge is -2.14. The molecule has 0 aliphatic heterocycles. The van der Waals surface area contributed by atoms with Gasteiger partial charge in [-0.25, -0.2) is 8.78 Å². The van der Waals surface area contributed by atoms with E-state index in [9.17, 15) is 18.4 Å². The van der Waals surface area contributed by atoms with E-state index in [-0.39, 0.29) is 11.3 Å². The number of amides is 1. The van der Waals surface area contributed by atoms with Crippen LogP contribution in [0.25, 0.3) is 11.1 Å². The van der Waals surface area contributed by atoms with Crippen LogP contribution in [0.1, 0.15) is 32.7 Å². The lowest BCUT2D eigenvalue weighted by molar-refractivity contribution is 0.0995. The average Bonchev–Trinajstić information content (AvgIpc) is 3.05. The molecule has 0 saturated heterocycles. The molecular weight excluding hydrogens is 348 g/mol. The predicted molar refractivity (Wildman–Crippen MR) is 98.8 cm³/mol. The zero-order valence-electron chi connectivity index (χ0n) is 14.3. The van der Waals surface area contributed by atoms with Gasteiger partial charge < -0.3 is 5.32 Å². The lowest BCUT2D eigenvalue weighted by atomic mass is 9.95. The van der Waals surface area contributed by atoms with E-state index in [0.717, 1.165) is 28.8 Å². The van der Waals surface area contributed by atoms with E-state index in [1.807, 2.05) is 36.4 Å². The molecule has 1 N–H and O–H groups in total. The van der Waals surface area contributed by atoms with Gasteiger partial charge in [-0.1, -0.05) is 36.4 Å². The van der Waals surface area contributed by atoms with E-state index >= 15 is 0 Å². The Labute approximate surface area is 154 Å². The summed E-state index contributed by atoms with van der Waals surface area (Å²) >= 11 is 0. The van der Waals surface area contributed by atoms with Crippen LogP contribution >= 0.6 is 0 Å². The first-order valence-corrected chi connectivity index (χ1v) is 8.55. The molecule has 3 nitrogen and oxygen atoms in total. The van der Waals surface area contributed by atoms with Gasteiger partial charge in [-0.3, -0.25) is 9.59 Å². The van der Waals surface area contributed by atoms with Crippen molar-refractivity contribution in [2.75, 3.05) is 5.32 Å². The summed E-state index contributed by atoms with van der Waals surface area (Å²) in [4.78, 5) is 24.8. The number of hydrogen-bond donors (Lipinski definition) is 1. The number of rotatable bonds is 3. The Kier molecular flexibility index (Phi) is 4.28. The molecule has 0 saturated carbocycles. The first-order valence-electron chi connectivity index (χ1n) is 8.55. The summed E-state index contributed by atoms with van der Waals surface area (Å²) in [6.45, 7) is 0. The van der Waals surface area contributed by atoms with Crippen LogP contribution in [-0.2, 0) is 6.42 Å². The van der Waals surface area contributed by atoms with Crippen molar-refractivity contribution >= 4 is 17.4 Å². The molecule has 5 heteroatoms. The number of fused-ring (bicyclic) bond motifs is 1. The van der Waals surface area contributed by atoms with Gasteiger partial charge in [0, 0.05) is 18.1 Å². The Morgan fingerprint density at radius 3 is 2.44 bits per heavy atom. The normalized spacial score (nSPS) is 12.7. The Hall–Kier alpha value is -3.34. The SMILES string of the molecule is O=C(Nc1ccc(-c2ccccc2)c2c1C(=O)CC2)c1ccc(F)cc1F. The first kappa shape index (κ1) is 17.1. The minimum absolute atomic E-state index is 0.0577. The van der Waals surface area contributed by atoms with Crippen molar-refractivity contribution in [3.05, 3.63) is 89.0 Å². The van der Waals surface area contributed by atoms with Crippen LogP contribution in [-0.4, -0.2) is 11.7 Å². The highest BCUT2D eigenvalue weighted by atomic mass is 19.1. The second-order valence-electron chi connectivity index (χ2n) is 6.38. The molecule has 1 amide bonds. The molecule has 0 atom stereocenters. The largest absolute Gasteiger partial charge is 0.321 e. The summed E-state index contributed by atoms with van der Waals surface area (Å²) in [5, 5.41) is 2.61. The minimum Gasteiger partial charge on any atom is -0.321 e. The fourth-order valence-electron chi connectivity index (χ4n) is 3.45. The lowest BCUT2D eigenvalue weighted by Crippen LogP contribution is -2.16. The van der Waals surface area contributed by atoms with Gasteiger partial charge in [0.05, 0.1) is 11.3 Å². The number of benzene rings is 3. The number of nitrogens with one attached hydrogen (secondary N) is 1. The third kappa shape index (κ3) is 3.12. The van der Waals surface area contributed by atoms with E-state index in [1.165, 1.54) is 0 Å². The van der Waals surface area contributed by atoms with Crippen LogP contribution in [0, 0.1) is 11.6 Å². The van der Waals surface area contributed by atoms with Crippen molar-refractivity contribution in [1.29, 1.82) is 0 Å². The van der Waals surface area contributed by atoms with Crippen LogP contribution in [0.15, 0.2) is 60.7 Å². The van der Waals surface area contributed by atoms with Crippen LogP contribution in [0.3, 0.4) is 0 Å². The van der Waals surface area contributed by atoms with Gasteiger partial charge in [0.2, 0.25) is 0 Å². The molecule has 0 aromatic heterocycles. The molecule has 0 radical (unpaired) electrons. The van der Waals surface area contributed by atoms with Crippen LogP contribution in [0.5, 0.6) is 0 Å². The smallest absolute Gasteiger partial charge is 0.258 e. The second kappa shape index (κ2) is 6.76. The molecule has 1 aliphatic rings. The second-order valence-corrected chi connectivity index (χ2v) is 6.38. The summed E-state index contributed by atoms with van der Waals surface area (Å²) in [6, 6.07) is 16.0. The summed E-state index contributed by atoms with van der Waals surface area (Å²) in [6.07, 6.45) is 0.958. The number of carbonyl (C=O) groups excluding carboxylic acids is 2. The van der Waals surface area contributed by atoms with Crippen molar-refractivity contribution in [1.82, 2.24) is 0 Å². The van der Waals surface area contributed by atoms with Crippen molar-refractivity contribution in [2.45, 2.75) is 12.8 Å². The number of halogens is 2. The molecule has 27 heavy (non-hydrogen) atoms. The fraction of sp³-hybridized carbons (Fsp3) is 0.0909. The van der Waals surface area contributed by atoms with Gasteiger partial charge >= 0.3 is 0 Å². The van der Waals surface area contributed by atoms with Gasteiger partial charge in [0.25, 0.3) is 5.91 Å². The molecule has 0 heterocycles. The van der Waals surface area contributed by atoms with Gasteiger partial charge in [-0.15, -0.1) is 0 Å². The highest BCUT2D eigenvalue weighted by molar-refractivity contribution is 6.12. The third-order valence-corrected chi connectivity index (χ3v) is 4.70. The maximum absolute atomic E-state index is 13.9. The molecule has 3 aromatic carbocycles. The van der Waals surface area contributed by atoms with Crippen molar-refractivity contribution < 1.29 is 18.4 Å². The highest BCUT2D eigenvalue weighted by Gasteiger charge is 2.27. The number of hydrogen-bond acceptors (Lipinski definition) is 2. The molecule has 0 spiro atoms. The van der Waals surface area contributed by atoms with Crippen LogP contribution in [0.2, 0.25) is 0 Å². The van der Waals surface area contributed by atoms with Gasteiger partial charge in [0.1, 0.15) is 11.6 Å². The molecule has 1 aliphatic carbocycles. The Bertz CT molecular complexity index is 1060. The summed E-state index contributed by atoms with van der Waals surface area (Å²) < 4.78 is 26.9. The van der Waals surface area contributed by atoms with E-state index < -0.39 is 17.5 Å². The van der Waals surface area contributed by atoms with Crippen LogP contribution in [0.4, 0.5) is 14.5 Å². The number of anilines is 1. The minimum atomic E-state index is -0.948. The quantitative estimate of drug-likeness (QED) is 0.711. The topological polar surface area (TPSA) is 46.2 Å². The molecule has 134 valence electrons. The first-order chi connectivity index (χ1) is 13.0. The highest BCUT2D eigenvalue weighted by Crippen LogP contribution is 2.37. The predicted octanol–water partition coefficient (Wildman–Crippen LogP) is 5.01. The molecule has 0 bridgehead atoms. The average molecular weight is 363 g/mol. The number of ketones is 1. The van der Waals surface area contributed by atoms with Crippen LogP contribution < -0.4 is 5.32 Å². The van der Waals surface area contributed by atoms with Crippen molar-refractivity contribution in [2.24, 2.45) is 0 Å². The number of Topliss-reactive ketones (excluding diaryl/α,β-unsaturated/α-hetero) is 1. The van der Waals surface area contributed by atoms with E-state index in [2.05, 4.69) is 5.32 Å². The summed E-state index contributed by atoms with van der Waals surface area (Å²) in [7, 11) is 0. The fourth-order valence-corrected chi connectivity index (χ4v) is 3.45. The zero-order chi connectivity index (χ0) is 19.0. The standard InChI is InChI=1S/C22H15F2NO2/c23-14-6-7-17(18(24)12-14)22(27)25-19-10-8-15(13-4-2-1-3-5-13)16-9-11-20(26)21(16)19/h1-8,10,12H,9,11H2,(H,25,27). The zero-order valence-corrected chi connectivity index (χ0v) is 14.3. The molecule has 4 rings (SSSR count). The summed E-state index contributed by atoms with van der Waals surface area (Å²) in [5.41, 5.74) is 3.35. The van der Waals surface area contributed by atoms with Gasteiger partial charge in [0.15, 0.2) is 5.78 Å². The third-order valence-electron chi connectivity index (χ3n) is 4.70. The molecule has 0 fully saturated rings. The Morgan fingerprint density at radius 1 is 0.926 bits per heavy atom. The van der Waals surface area contributed by atoms with Gasteiger partial charge in [-0.05, 0) is 41.3 Å². The maximum atomic E-state index is 13.9. The maximum Gasteiger partial charge on any atom is 0.258 e.